The molecule has 0 aromatic carbocycles. The van der Waals surface area contributed by atoms with Crippen LogP contribution in [0.1, 0.15) is 49.8 Å². The third-order valence-electron chi connectivity index (χ3n) is 2.74. The molecule has 1 heterocycles. The van der Waals surface area contributed by atoms with E-state index < -0.39 is 12.0 Å². The summed E-state index contributed by atoms with van der Waals surface area (Å²) in [6.45, 7) is 7.63. The minimum absolute atomic E-state index is 0.0130. The van der Waals surface area contributed by atoms with Crippen molar-refractivity contribution in [2.45, 2.75) is 46.1 Å². The molecule has 0 spiro atoms. The van der Waals surface area contributed by atoms with Crippen molar-refractivity contribution in [2.75, 3.05) is 5.32 Å². The molecule has 0 saturated heterocycles. The van der Waals surface area contributed by atoms with Crippen LogP contribution in [0.15, 0.2) is 6.07 Å². The Morgan fingerprint density at radius 2 is 2.05 bits per heavy atom. The highest BCUT2D eigenvalue weighted by atomic mass is 16.4. The molecule has 2 amide bonds. The second kappa shape index (κ2) is 5.77. The summed E-state index contributed by atoms with van der Waals surface area (Å²) >= 11 is 0. The van der Waals surface area contributed by atoms with Crippen molar-refractivity contribution in [1.82, 2.24) is 10.3 Å². The number of aryl methyl sites for hydroxylation is 1. The first kappa shape index (κ1) is 15.1. The first-order chi connectivity index (χ1) is 8.75. The highest BCUT2D eigenvalue weighted by Crippen LogP contribution is 2.17. The Morgan fingerprint density at radius 3 is 2.58 bits per heavy atom. The van der Waals surface area contributed by atoms with E-state index in [0.29, 0.717) is 5.69 Å². The second-order valence-electron chi connectivity index (χ2n) is 5.26. The summed E-state index contributed by atoms with van der Waals surface area (Å²) in [5.74, 6) is -1.10. The molecule has 0 aliphatic rings. The van der Waals surface area contributed by atoms with Crippen LogP contribution in [0, 0.1) is 6.92 Å². The number of carbonyl (C=O) groups is 2. The second-order valence-corrected chi connectivity index (χ2v) is 5.26. The molecule has 0 saturated carbocycles. The van der Waals surface area contributed by atoms with E-state index in [2.05, 4.69) is 15.6 Å². The SMILES string of the molecule is CCCC(C)(C)NC(=O)Nc1cc(C)[nH]c1C(=O)O. The molecule has 1 aromatic heterocycles. The van der Waals surface area contributed by atoms with Gasteiger partial charge in [0.1, 0.15) is 5.69 Å². The van der Waals surface area contributed by atoms with Crippen molar-refractivity contribution in [2.24, 2.45) is 0 Å². The van der Waals surface area contributed by atoms with Crippen LogP contribution in [-0.4, -0.2) is 27.6 Å². The lowest BCUT2D eigenvalue weighted by atomic mass is 9.99. The van der Waals surface area contributed by atoms with Gasteiger partial charge in [-0.3, -0.25) is 0 Å². The Labute approximate surface area is 112 Å². The van der Waals surface area contributed by atoms with Gasteiger partial charge in [0.05, 0.1) is 5.69 Å². The lowest BCUT2D eigenvalue weighted by molar-refractivity contribution is 0.0692. The molecule has 0 aliphatic heterocycles. The van der Waals surface area contributed by atoms with Crippen LogP contribution in [0.25, 0.3) is 0 Å². The topological polar surface area (TPSA) is 94.2 Å². The third-order valence-corrected chi connectivity index (χ3v) is 2.74. The fourth-order valence-electron chi connectivity index (χ4n) is 2.00. The lowest BCUT2D eigenvalue weighted by Crippen LogP contribution is -2.45. The number of nitrogens with one attached hydrogen (secondary N) is 3. The molecule has 1 rings (SSSR count). The number of carboxylic acids is 1. The molecule has 1 aromatic rings. The van der Waals surface area contributed by atoms with Gasteiger partial charge in [-0.2, -0.15) is 0 Å². The number of aromatic carboxylic acids is 1. The van der Waals surface area contributed by atoms with Gasteiger partial charge in [-0.1, -0.05) is 13.3 Å². The van der Waals surface area contributed by atoms with Gasteiger partial charge in [-0.15, -0.1) is 0 Å². The zero-order valence-corrected chi connectivity index (χ0v) is 11.8. The molecule has 4 N–H and O–H groups in total. The Bertz CT molecular complexity index is 477. The molecular formula is C13H21N3O3. The average Bonchev–Trinajstić information content (AvgIpc) is 2.57. The Morgan fingerprint density at radius 1 is 1.42 bits per heavy atom. The van der Waals surface area contributed by atoms with Crippen molar-refractivity contribution in [3.05, 3.63) is 17.5 Å². The number of aromatic nitrogens is 1. The molecule has 0 radical (unpaired) electrons. The number of aromatic amines is 1. The van der Waals surface area contributed by atoms with Crippen molar-refractivity contribution in [1.29, 1.82) is 0 Å². The number of urea groups is 1. The number of rotatable bonds is 5. The molecule has 0 unspecified atom stereocenters. The van der Waals surface area contributed by atoms with E-state index in [1.165, 1.54) is 0 Å². The summed E-state index contributed by atoms with van der Waals surface area (Å²) in [5, 5.41) is 14.4. The fourth-order valence-corrected chi connectivity index (χ4v) is 2.00. The van der Waals surface area contributed by atoms with Crippen LogP contribution >= 0.6 is 0 Å². The molecule has 0 aliphatic carbocycles. The number of H-pyrrole nitrogens is 1. The maximum atomic E-state index is 11.9. The molecule has 6 heteroatoms. The van der Waals surface area contributed by atoms with Gasteiger partial charge < -0.3 is 20.7 Å². The highest BCUT2D eigenvalue weighted by molar-refractivity contribution is 5.99. The minimum atomic E-state index is -1.10. The Kier molecular flexibility index (Phi) is 4.58. The van der Waals surface area contributed by atoms with E-state index in [-0.39, 0.29) is 16.9 Å². The molecule has 0 atom stereocenters. The fraction of sp³-hybridized carbons (Fsp3) is 0.538. The molecule has 6 nitrogen and oxygen atoms in total. The third kappa shape index (κ3) is 4.31. The Balaban J connectivity index is 2.75. The summed E-state index contributed by atoms with van der Waals surface area (Å²) in [4.78, 5) is 25.6. The van der Waals surface area contributed by atoms with E-state index >= 15 is 0 Å². The van der Waals surface area contributed by atoms with E-state index in [1.807, 2.05) is 20.8 Å². The zero-order chi connectivity index (χ0) is 14.6. The quantitative estimate of drug-likeness (QED) is 0.660. The molecule has 19 heavy (non-hydrogen) atoms. The first-order valence-corrected chi connectivity index (χ1v) is 6.27. The molecule has 106 valence electrons. The number of amides is 2. The maximum Gasteiger partial charge on any atom is 0.354 e. The van der Waals surface area contributed by atoms with Crippen molar-refractivity contribution in [3.8, 4) is 0 Å². The van der Waals surface area contributed by atoms with E-state index in [4.69, 9.17) is 5.11 Å². The van der Waals surface area contributed by atoms with E-state index in [0.717, 1.165) is 12.8 Å². The maximum absolute atomic E-state index is 11.9. The van der Waals surface area contributed by atoms with Crippen LogP contribution in [0.5, 0.6) is 0 Å². The summed E-state index contributed by atoms with van der Waals surface area (Å²) < 4.78 is 0. The molecular weight excluding hydrogens is 246 g/mol. The average molecular weight is 267 g/mol. The number of hydrogen-bond donors (Lipinski definition) is 4. The predicted octanol–water partition coefficient (Wildman–Crippen LogP) is 2.72. The van der Waals surface area contributed by atoms with Gasteiger partial charge in [0.15, 0.2) is 0 Å². The number of carbonyl (C=O) groups excluding carboxylic acids is 1. The number of hydrogen-bond acceptors (Lipinski definition) is 2. The predicted molar refractivity (Wildman–Crippen MR) is 73.6 cm³/mol. The first-order valence-electron chi connectivity index (χ1n) is 6.27. The summed E-state index contributed by atoms with van der Waals surface area (Å²) in [5.41, 5.74) is 0.615. The van der Waals surface area contributed by atoms with Gasteiger partial charge in [-0.25, -0.2) is 9.59 Å². The zero-order valence-electron chi connectivity index (χ0n) is 11.8. The summed E-state index contributed by atoms with van der Waals surface area (Å²) in [6, 6.07) is 1.19. The highest BCUT2D eigenvalue weighted by Gasteiger charge is 2.21. The van der Waals surface area contributed by atoms with Gasteiger partial charge >= 0.3 is 12.0 Å². The van der Waals surface area contributed by atoms with Gasteiger partial charge in [-0.05, 0) is 33.3 Å². The van der Waals surface area contributed by atoms with Crippen LogP contribution in [0.2, 0.25) is 0 Å². The van der Waals surface area contributed by atoms with E-state index in [9.17, 15) is 9.59 Å². The summed E-state index contributed by atoms with van der Waals surface area (Å²) in [6.07, 6.45) is 1.80. The number of carboxylic acid groups (broad SMARTS) is 1. The van der Waals surface area contributed by atoms with Gasteiger partial charge in [0, 0.05) is 11.2 Å². The largest absolute Gasteiger partial charge is 0.477 e. The number of anilines is 1. The molecule has 0 bridgehead atoms. The van der Waals surface area contributed by atoms with Gasteiger partial charge in [0.25, 0.3) is 0 Å². The monoisotopic (exact) mass is 267 g/mol. The van der Waals surface area contributed by atoms with Crippen LogP contribution in [0.4, 0.5) is 10.5 Å². The molecule has 0 fully saturated rings. The standard InChI is InChI=1S/C13H21N3O3/c1-5-6-13(3,4)16-12(19)15-9-7-8(2)14-10(9)11(17)18/h7,14H,5-6H2,1-4H3,(H,17,18)(H2,15,16,19). The summed E-state index contributed by atoms with van der Waals surface area (Å²) in [7, 11) is 0. The van der Waals surface area contributed by atoms with Crippen LogP contribution < -0.4 is 10.6 Å². The minimum Gasteiger partial charge on any atom is -0.477 e. The van der Waals surface area contributed by atoms with Crippen molar-refractivity contribution in [3.63, 3.8) is 0 Å². The Hall–Kier alpha value is -1.98. The van der Waals surface area contributed by atoms with Crippen molar-refractivity contribution < 1.29 is 14.7 Å². The smallest absolute Gasteiger partial charge is 0.354 e. The van der Waals surface area contributed by atoms with Crippen molar-refractivity contribution >= 4 is 17.7 Å². The van der Waals surface area contributed by atoms with Crippen LogP contribution in [-0.2, 0) is 0 Å². The van der Waals surface area contributed by atoms with Gasteiger partial charge in [0.2, 0.25) is 0 Å². The van der Waals surface area contributed by atoms with Crippen LogP contribution in [0.3, 0.4) is 0 Å². The normalized spacial score (nSPS) is 11.2. The lowest BCUT2D eigenvalue weighted by Gasteiger charge is -2.25. The van der Waals surface area contributed by atoms with E-state index in [1.54, 1.807) is 13.0 Å².